The zero-order valence-electron chi connectivity index (χ0n) is 14.0. The van der Waals surface area contributed by atoms with Crippen molar-refractivity contribution >= 4 is 12.2 Å². The molecular formula is C21H21NOS. The van der Waals surface area contributed by atoms with Crippen LogP contribution in [0.2, 0.25) is 0 Å². The van der Waals surface area contributed by atoms with Crippen molar-refractivity contribution in [2.45, 2.75) is 20.4 Å². The minimum Gasteiger partial charge on any atom is -0.494 e. The molecule has 0 aliphatic carbocycles. The van der Waals surface area contributed by atoms with Crippen molar-refractivity contribution in [1.82, 2.24) is 4.57 Å². The fraction of sp³-hybridized carbons (Fsp3) is 0.190. The molecule has 0 bridgehead atoms. The van der Waals surface area contributed by atoms with Crippen LogP contribution in [0.25, 0.3) is 22.3 Å². The molecule has 0 aliphatic heterocycles. The van der Waals surface area contributed by atoms with Gasteiger partial charge >= 0.3 is 0 Å². The first-order valence-corrected chi connectivity index (χ1v) is 8.66. The Balaban J connectivity index is 2.12. The molecule has 0 atom stereocenters. The summed E-state index contributed by atoms with van der Waals surface area (Å²) in [7, 11) is 0. The lowest BCUT2D eigenvalue weighted by atomic mass is 10.0. The van der Waals surface area contributed by atoms with Gasteiger partial charge in [-0.1, -0.05) is 54.7 Å². The number of hydrogen-bond acceptors (Lipinski definition) is 2. The Kier molecular flexibility index (Phi) is 5.11. The molecule has 0 saturated carbocycles. The van der Waals surface area contributed by atoms with Crippen LogP contribution in [0.3, 0.4) is 0 Å². The maximum absolute atomic E-state index is 5.80. The van der Waals surface area contributed by atoms with E-state index in [1.165, 1.54) is 0 Å². The standard InChI is InChI=1S/C21H21NOS/c1-3-22-14-19(16-8-6-5-7-9-16)21(24)20(15-22)17-10-12-18(13-11-17)23-4-2/h5-15H,3-4H2,1-2H3. The van der Waals surface area contributed by atoms with Crippen molar-refractivity contribution < 1.29 is 4.74 Å². The number of benzene rings is 2. The van der Waals surface area contributed by atoms with Gasteiger partial charge in [0.2, 0.25) is 0 Å². The van der Waals surface area contributed by atoms with Crippen LogP contribution >= 0.6 is 12.2 Å². The second-order valence-electron chi connectivity index (χ2n) is 5.57. The van der Waals surface area contributed by atoms with E-state index in [1.54, 1.807) is 0 Å². The largest absolute Gasteiger partial charge is 0.494 e. The Morgan fingerprint density at radius 1 is 0.833 bits per heavy atom. The zero-order valence-corrected chi connectivity index (χ0v) is 14.8. The Morgan fingerprint density at radius 2 is 1.42 bits per heavy atom. The third kappa shape index (κ3) is 3.41. The van der Waals surface area contributed by atoms with Crippen molar-refractivity contribution in [3.8, 4) is 28.0 Å². The van der Waals surface area contributed by atoms with Gasteiger partial charge in [0, 0.05) is 30.1 Å². The lowest BCUT2D eigenvalue weighted by Gasteiger charge is -2.13. The van der Waals surface area contributed by atoms with Crippen molar-refractivity contribution in [2.75, 3.05) is 6.61 Å². The van der Waals surface area contributed by atoms with E-state index < -0.39 is 0 Å². The highest BCUT2D eigenvalue weighted by Gasteiger charge is 2.08. The molecule has 0 aliphatic rings. The van der Waals surface area contributed by atoms with E-state index in [4.69, 9.17) is 17.0 Å². The predicted octanol–water partition coefficient (Wildman–Crippen LogP) is 5.97. The van der Waals surface area contributed by atoms with E-state index in [0.29, 0.717) is 6.61 Å². The van der Waals surface area contributed by atoms with E-state index in [-0.39, 0.29) is 0 Å². The fourth-order valence-electron chi connectivity index (χ4n) is 2.74. The van der Waals surface area contributed by atoms with E-state index in [2.05, 4.69) is 48.1 Å². The first kappa shape index (κ1) is 16.5. The molecule has 3 rings (SSSR count). The van der Waals surface area contributed by atoms with Crippen molar-refractivity contribution in [3.63, 3.8) is 0 Å². The molecule has 24 heavy (non-hydrogen) atoms. The summed E-state index contributed by atoms with van der Waals surface area (Å²) < 4.78 is 8.60. The van der Waals surface area contributed by atoms with Crippen LogP contribution in [0.5, 0.6) is 5.75 Å². The number of aromatic nitrogens is 1. The topological polar surface area (TPSA) is 14.2 Å². The minimum atomic E-state index is 0.672. The van der Waals surface area contributed by atoms with Crippen LogP contribution in [-0.2, 0) is 6.54 Å². The zero-order chi connectivity index (χ0) is 16.9. The molecule has 0 saturated heterocycles. The average molecular weight is 335 g/mol. The summed E-state index contributed by atoms with van der Waals surface area (Å²) in [5.74, 6) is 0.884. The van der Waals surface area contributed by atoms with Gasteiger partial charge in [0.05, 0.1) is 11.1 Å². The van der Waals surface area contributed by atoms with Crippen molar-refractivity contribution in [1.29, 1.82) is 0 Å². The molecule has 0 unspecified atom stereocenters. The summed E-state index contributed by atoms with van der Waals surface area (Å²) in [5.41, 5.74) is 4.44. The number of hydrogen-bond donors (Lipinski definition) is 0. The highest BCUT2D eigenvalue weighted by molar-refractivity contribution is 7.71. The van der Waals surface area contributed by atoms with Gasteiger partial charge in [-0.25, -0.2) is 0 Å². The molecule has 1 aromatic heterocycles. The summed E-state index contributed by atoms with van der Waals surface area (Å²) in [6.07, 6.45) is 4.26. The monoisotopic (exact) mass is 335 g/mol. The molecule has 1 heterocycles. The highest BCUT2D eigenvalue weighted by atomic mass is 32.1. The number of aryl methyl sites for hydroxylation is 1. The van der Waals surface area contributed by atoms with Crippen LogP contribution < -0.4 is 4.74 Å². The third-order valence-electron chi connectivity index (χ3n) is 4.01. The van der Waals surface area contributed by atoms with Crippen LogP contribution in [-0.4, -0.2) is 11.2 Å². The number of nitrogens with zero attached hydrogens (tertiary/aromatic N) is 1. The highest BCUT2D eigenvalue weighted by Crippen LogP contribution is 2.30. The number of ether oxygens (including phenoxy) is 1. The van der Waals surface area contributed by atoms with Gasteiger partial charge in [-0.05, 0) is 37.1 Å². The van der Waals surface area contributed by atoms with Gasteiger partial charge in [-0.2, -0.15) is 0 Å². The van der Waals surface area contributed by atoms with Gasteiger partial charge in [0.15, 0.2) is 0 Å². The molecule has 2 nitrogen and oxygen atoms in total. The van der Waals surface area contributed by atoms with Crippen LogP contribution in [0.4, 0.5) is 0 Å². The second-order valence-corrected chi connectivity index (χ2v) is 5.98. The minimum absolute atomic E-state index is 0.672. The predicted molar refractivity (Wildman–Crippen MR) is 103 cm³/mol. The molecule has 0 N–H and O–H groups in total. The van der Waals surface area contributed by atoms with Crippen LogP contribution in [0, 0.1) is 4.51 Å². The molecule has 0 spiro atoms. The first-order valence-electron chi connectivity index (χ1n) is 8.25. The SMILES string of the molecule is CCOc1ccc(-c2cn(CC)cc(-c3ccccc3)c2=S)cc1. The van der Waals surface area contributed by atoms with Gasteiger partial charge in [0.25, 0.3) is 0 Å². The van der Waals surface area contributed by atoms with E-state index >= 15 is 0 Å². The molecule has 0 fully saturated rings. The average Bonchev–Trinajstić information content (AvgIpc) is 2.64. The smallest absolute Gasteiger partial charge is 0.119 e. The summed E-state index contributed by atoms with van der Waals surface area (Å²) in [5, 5.41) is 0. The van der Waals surface area contributed by atoms with Crippen LogP contribution in [0.15, 0.2) is 67.0 Å². The molecule has 2 aromatic carbocycles. The van der Waals surface area contributed by atoms with E-state index in [9.17, 15) is 0 Å². The molecular weight excluding hydrogens is 314 g/mol. The van der Waals surface area contributed by atoms with Gasteiger partial charge in [-0.3, -0.25) is 0 Å². The number of rotatable bonds is 5. The summed E-state index contributed by atoms with van der Waals surface area (Å²) in [6, 6.07) is 18.5. The maximum Gasteiger partial charge on any atom is 0.119 e. The Labute approximate surface area is 148 Å². The lowest BCUT2D eigenvalue weighted by molar-refractivity contribution is 0.340. The van der Waals surface area contributed by atoms with E-state index in [0.717, 1.165) is 39.1 Å². The third-order valence-corrected chi connectivity index (χ3v) is 4.45. The quantitative estimate of drug-likeness (QED) is 0.533. The van der Waals surface area contributed by atoms with Gasteiger partial charge in [-0.15, -0.1) is 0 Å². The van der Waals surface area contributed by atoms with Gasteiger partial charge in [0.1, 0.15) is 5.75 Å². The number of pyridine rings is 1. The van der Waals surface area contributed by atoms with Crippen molar-refractivity contribution in [2.24, 2.45) is 0 Å². The van der Waals surface area contributed by atoms with Gasteiger partial charge < -0.3 is 9.30 Å². The molecule has 0 radical (unpaired) electrons. The Hall–Kier alpha value is -2.39. The molecule has 0 amide bonds. The summed E-state index contributed by atoms with van der Waals surface area (Å²) in [6.45, 7) is 5.70. The van der Waals surface area contributed by atoms with Crippen LogP contribution in [0.1, 0.15) is 13.8 Å². The normalized spacial score (nSPS) is 10.6. The summed E-state index contributed by atoms with van der Waals surface area (Å²) >= 11 is 5.80. The fourth-order valence-corrected chi connectivity index (χ4v) is 3.08. The molecule has 122 valence electrons. The van der Waals surface area contributed by atoms with E-state index in [1.807, 2.05) is 37.3 Å². The maximum atomic E-state index is 5.80. The summed E-state index contributed by atoms with van der Waals surface area (Å²) in [4.78, 5) is 0. The Morgan fingerprint density at radius 3 is 1.96 bits per heavy atom. The first-order chi connectivity index (χ1) is 11.7. The second kappa shape index (κ2) is 7.45. The van der Waals surface area contributed by atoms with Crippen molar-refractivity contribution in [3.05, 3.63) is 71.5 Å². The lowest BCUT2D eigenvalue weighted by Crippen LogP contribution is -1.99. The Bertz CT molecular complexity index is 867. The molecule has 3 heteroatoms. The molecule has 3 aromatic rings.